The smallest absolute Gasteiger partial charge is 0.164 e. The van der Waals surface area contributed by atoms with Crippen LogP contribution in [0.15, 0.2) is 192 Å². The van der Waals surface area contributed by atoms with Gasteiger partial charge >= 0.3 is 0 Å². The summed E-state index contributed by atoms with van der Waals surface area (Å²) in [6, 6.07) is 63.4. The predicted molar refractivity (Wildman–Crippen MR) is 221 cm³/mol. The molecule has 3 heterocycles. The third-order valence-corrected chi connectivity index (χ3v) is 9.78. The summed E-state index contributed by atoms with van der Waals surface area (Å²) >= 11 is 0. The molecule has 0 fully saturated rings. The van der Waals surface area contributed by atoms with E-state index in [0.717, 1.165) is 77.8 Å². The second-order valence-corrected chi connectivity index (χ2v) is 13.3. The van der Waals surface area contributed by atoms with Gasteiger partial charge in [-0.1, -0.05) is 164 Å². The van der Waals surface area contributed by atoms with Crippen LogP contribution in [0.4, 0.5) is 0 Å². The third kappa shape index (κ3) is 6.22. The lowest BCUT2D eigenvalue weighted by molar-refractivity contribution is 0.669. The van der Waals surface area contributed by atoms with E-state index in [4.69, 9.17) is 29.3 Å². The lowest BCUT2D eigenvalue weighted by Gasteiger charge is -2.09. The highest BCUT2D eigenvalue weighted by Gasteiger charge is 2.18. The van der Waals surface area contributed by atoms with Crippen LogP contribution in [0.3, 0.4) is 0 Å². The van der Waals surface area contributed by atoms with Gasteiger partial charge in [0.15, 0.2) is 23.3 Å². The van der Waals surface area contributed by atoms with Crippen LogP contribution in [0.2, 0.25) is 0 Å². The summed E-state index contributed by atoms with van der Waals surface area (Å²) in [5.74, 6) is 2.51. The van der Waals surface area contributed by atoms with Crippen molar-refractivity contribution in [1.29, 1.82) is 0 Å². The Morgan fingerprint density at radius 3 is 1.27 bits per heavy atom. The lowest BCUT2D eigenvalue weighted by atomic mass is 10.0. The van der Waals surface area contributed by atoms with Crippen LogP contribution in [0, 0.1) is 0 Å². The van der Waals surface area contributed by atoms with Crippen molar-refractivity contribution in [2.75, 3.05) is 0 Å². The van der Waals surface area contributed by atoms with E-state index < -0.39 is 0 Å². The van der Waals surface area contributed by atoms with Gasteiger partial charge in [-0.25, -0.2) is 24.9 Å². The lowest BCUT2D eigenvalue weighted by Crippen LogP contribution is -2.00. The monoisotopic (exact) mass is 705 g/mol. The topological polar surface area (TPSA) is 77.6 Å². The second kappa shape index (κ2) is 13.8. The van der Waals surface area contributed by atoms with Crippen molar-refractivity contribution in [3.63, 3.8) is 0 Å². The highest BCUT2D eigenvalue weighted by atomic mass is 16.3. The van der Waals surface area contributed by atoms with Gasteiger partial charge in [0, 0.05) is 38.6 Å². The number of furan rings is 1. The van der Waals surface area contributed by atoms with E-state index in [2.05, 4.69) is 78.9 Å². The Bertz CT molecular complexity index is 2830. The molecular weight excluding hydrogens is 675 g/mol. The predicted octanol–water partition coefficient (Wildman–Crippen LogP) is 12.2. The molecule has 10 rings (SSSR count). The van der Waals surface area contributed by atoms with Gasteiger partial charge in [0.25, 0.3) is 0 Å². The van der Waals surface area contributed by atoms with Crippen molar-refractivity contribution < 1.29 is 4.42 Å². The van der Waals surface area contributed by atoms with Crippen LogP contribution in [0.5, 0.6) is 0 Å². The molecule has 6 nitrogen and oxygen atoms in total. The Labute approximate surface area is 317 Å². The first-order valence-electron chi connectivity index (χ1n) is 18.2. The van der Waals surface area contributed by atoms with Gasteiger partial charge in [-0.3, -0.25) is 0 Å². The van der Waals surface area contributed by atoms with Crippen molar-refractivity contribution in [2.45, 2.75) is 0 Å². The molecule has 258 valence electrons. The fourth-order valence-corrected chi connectivity index (χ4v) is 6.98. The largest absolute Gasteiger partial charge is 0.455 e. The molecule has 0 saturated carbocycles. The molecule has 0 spiro atoms. The van der Waals surface area contributed by atoms with E-state index in [-0.39, 0.29) is 0 Å². The highest BCUT2D eigenvalue weighted by molar-refractivity contribution is 6.10. The zero-order chi connectivity index (χ0) is 36.6. The van der Waals surface area contributed by atoms with Gasteiger partial charge in [0.2, 0.25) is 0 Å². The number of aromatic nitrogens is 5. The first-order chi connectivity index (χ1) is 27.2. The highest BCUT2D eigenvalue weighted by Crippen LogP contribution is 2.38. The van der Waals surface area contributed by atoms with E-state index in [0.29, 0.717) is 23.3 Å². The van der Waals surface area contributed by atoms with Gasteiger partial charge in [0.1, 0.15) is 11.2 Å². The number of rotatable bonds is 7. The number of fused-ring (bicyclic) bond motifs is 3. The second-order valence-electron chi connectivity index (χ2n) is 13.3. The molecule has 0 aliphatic heterocycles. The van der Waals surface area contributed by atoms with E-state index in [1.165, 1.54) is 0 Å². The van der Waals surface area contributed by atoms with Gasteiger partial charge in [-0.2, -0.15) is 0 Å². The first kappa shape index (κ1) is 32.1. The van der Waals surface area contributed by atoms with Crippen molar-refractivity contribution in [3.8, 4) is 79.2 Å². The summed E-state index contributed by atoms with van der Waals surface area (Å²) in [5, 5.41) is 2.05. The van der Waals surface area contributed by atoms with Gasteiger partial charge in [-0.15, -0.1) is 0 Å². The van der Waals surface area contributed by atoms with Crippen LogP contribution in [-0.2, 0) is 0 Å². The molecule has 0 saturated heterocycles. The molecule has 55 heavy (non-hydrogen) atoms. The van der Waals surface area contributed by atoms with Crippen LogP contribution < -0.4 is 0 Å². The molecule has 0 amide bonds. The van der Waals surface area contributed by atoms with Crippen molar-refractivity contribution in [1.82, 2.24) is 24.9 Å². The molecule has 6 heteroatoms. The number of para-hydroxylation sites is 1. The van der Waals surface area contributed by atoms with E-state index >= 15 is 0 Å². The van der Waals surface area contributed by atoms with E-state index in [1.807, 2.05) is 109 Å². The Morgan fingerprint density at radius 2 is 0.745 bits per heavy atom. The molecule has 0 radical (unpaired) electrons. The van der Waals surface area contributed by atoms with Gasteiger partial charge in [0.05, 0.1) is 17.0 Å². The van der Waals surface area contributed by atoms with Gasteiger partial charge < -0.3 is 4.42 Å². The minimum absolute atomic E-state index is 0.616. The van der Waals surface area contributed by atoms with Crippen LogP contribution in [0.25, 0.3) is 101 Å². The summed E-state index contributed by atoms with van der Waals surface area (Å²) < 4.78 is 6.69. The maximum absolute atomic E-state index is 6.69. The SMILES string of the molecule is c1ccc(-c2cc(-c3ccccc3)nc(-c3cccc4c3oc3cc(-c5ccc(-c6nc(-c7ccccc7)nc(-c7ccccc7)n6)cc5)ccc34)n2)cc1. The molecule has 7 aromatic carbocycles. The number of nitrogens with zero attached hydrogens (tertiary/aromatic N) is 5. The minimum atomic E-state index is 0.616. The summed E-state index contributed by atoms with van der Waals surface area (Å²) in [5.41, 5.74) is 11.0. The number of benzene rings is 7. The van der Waals surface area contributed by atoms with Crippen LogP contribution in [0.1, 0.15) is 0 Å². The molecule has 3 aromatic heterocycles. The number of hydrogen-bond acceptors (Lipinski definition) is 6. The zero-order valence-corrected chi connectivity index (χ0v) is 29.5. The normalized spacial score (nSPS) is 11.3. The average Bonchev–Trinajstić information content (AvgIpc) is 3.66. The quantitative estimate of drug-likeness (QED) is 0.164. The molecular formula is C49H31N5O. The fourth-order valence-electron chi connectivity index (χ4n) is 6.98. The summed E-state index contributed by atoms with van der Waals surface area (Å²) in [7, 11) is 0. The number of hydrogen-bond donors (Lipinski definition) is 0. The van der Waals surface area contributed by atoms with E-state index in [1.54, 1.807) is 0 Å². The molecule has 0 atom stereocenters. The molecule has 0 bridgehead atoms. The third-order valence-electron chi connectivity index (χ3n) is 9.78. The summed E-state index contributed by atoms with van der Waals surface area (Å²) in [6.07, 6.45) is 0. The Kier molecular flexibility index (Phi) is 8.04. The standard InChI is InChI=1S/C49H31N5O/c1-5-14-33(15-6-1)42-31-43(34-16-7-2-8-17-34)51-49(50-42)41-23-13-22-40-39-29-28-38(30-44(39)55-45(40)41)32-24-26-37(27-25-32)48-53-46(35-18-9-3-10-19-35)52-47(54-48)36-20-11-4-12-21-36/h1-31H. The summed E-state index contributed by atoms with van der Waals surface area (Å²) in [6.45, 7) is 0. The first-order valence-corrected chi connectivity index (χ1v) is 18.2. The molecule has 0 aliphatic carbocycles. The van der Waals surface area contributed by atoms with Crippen LogP contribution in [-0.4, -0.2) is 24.9 Å². The van der Waals surface area contributed by atoms with Crippen molar-refractivity contribution >= 4 is 21.9 Å². The van der Waals surface area contributed by atoms with Crippen molar-refractivity contribution in [2.24, 2.45) is 0 Å². The molecule has 0 aliphatic rings. The zero-order valence-electron chi connectivity index (χ0n) is 29.5. The fraction of sp³-hybridized carbons (Fsp3) is 0. The average molecular weight is 706 g/mol. The van der Waals surface area contributed by atoms with Gasteiger partial charge in [-0.05, 0) is 35.4 Å². The Hall–Kier alpha value is -7.57. The Balaban J connectivity index is 1.03. The molecule has 0 N–H and O–H groups in total. The molecule has 10 aromatic rings. The van der Waals surface area contributed by atoms with Crippen LogP contribution >= 0.6 is 0 Å². The minimum Gasteiger partial charge on any atom is -0.455 e. The Morgan fingerprint density at radius 1 is 0.291 bits per heavy atom. The van der Waals surface area contributed by atoms with E-state index in [9.17, 15) is 0 Å². The maximum Gasteiger partial charge on any atom is 0.164 e. The summed E-state index contributed by atoms with van der Waals surface area (Å²) in [4.78, 5) is 24.8. The maximum atomic E-state index is 6.69. The van der Waals surface area contributed by atoms with Crippen molar-refractivity contribution in [3.05, 3.63) is 188 Å². The molecule has 0 unspecified atom stereocenters.